The van der Waals surface area contributed by atoms with E-state index < -0.39 is 0 Å². The molecule has 2 N–H and O–H groups in total. The highest BCUT2D eigenvalue weighted by atomic mass is 16.5. The first-order valence-corrected chi connectivity index (χ1v) is 3.98. The van der Waals surface area contributed by atoms with Crippen LogP contribution in [0.5, 0.6) is 0 Å². The highest BCUT2D eigenvalue weighted by Gasteiger charge is 2.12. The normalized spacial score (nSPS) is 20.4. The van der Waals surface area contributed by atoms with Gasteiger partial charge in [-0.25, -0.2) is 0 Å². The van der Waals surface area contributed by atoms with E-state index in [4.69, 9.17) is 4.74 Å². The summed E-state index contributed by atoms with van der Waals surface area (Å²) in [6.07, 6.45) is 3.29. The molecule has 0 aromatic rings. The van der Waals surface area contributed by atoms with Gasteiger partial charge in [-0.05, 0) is 25.5 Å². The zero-order valence-corrected chi connectivity index (χ0v) is 6.84. The summed E-state index contributed by atoms with van der Waals surface area (Å²) >= 11 is 0. The smallest absolute Gasteiger partial charge is 0.0906 e. The van der Waals surface area contributed by atoms with Crippen molar-refractivity contribution in [3.8, 4) is 0 Å². The molecule has 0 radical (unpaired) electrons. The van der Waals surface area contributed by atoms with E-state index in [-0.39, 0.29) is 6.10 Å². The van der Waals surface area contributed by atoms with Gasteiger partial charge < -0.3 is 15.2 Å². The Morgan fingerprint density at radius 3 is 3.18 bits per heavy atom. The molecule has 0 aliphatic carbocycles. The number of hydrogen-bond donors (Lipinski definition) is 2. The standard InChI is InChI=1S/C8H15NO2/c1-9-5-8(10)7-3-2-4-11-6-7/h6,8-10H,2-5H2,1H3. The molecule has 0 aromatic heterocycles. The van der Waals surface area contributed by atoms with E-state index in [2.05, 4.69) is 5.32 Å². The fraction of sp³-hybridized carbons (Fsp3) is 0.750. The van der Waals surface area contributed by atoms with Crippen molar-refractivity contribution < 1.29 is 9.84 Å². The molecule has 3 nitrogen and oxygen atoms in total. The van der Waals surface area contributed by atoms with Crippen LogP contribution < -0.4 is 5.32 Å². The molecule has 0 saturated carbocycles. The van der Waals surface area contributed by atoms with Gasteiger partial charge in [0.05, 0.1) is 19.0 Å². The van der Waals surface area contributed by atoms with Crippen molar-refractivity contribution in [2.45, 2.75) is 18.9 Å². The number of ether oxygens (including phenoxy) is 1. The molecule has 0 spiro atoms. The zero-order valence-electron chi connectivity index (χ0n) is 6.84. The van der Waals surface area contributed by atoms with Gasteiger partial charge in [-0.2, -0.15) is 0 Å². The van der Waals surface area contributed by atoms with E-state index in [1.54, 1.807) is 6.26 Å². The molecule has 1 aliphatic rings. The highest BCUT2D eigenvalue weighted by molar-refractivity contribution is 5.07. The van der Waals surface area contributed by atoms with Gasteiger partial charge in [0.2, 0.25) is 0 Å². The number of rotatable bonds is 3. The minimum atomic E-state index is -0.375. The summed E-state index contributed by atoms with van der Waals surface area (Å²) in [4.78, 5) is 0. The number of nitrogens with one attached hydrogen (secondary N) is 1. The molecule has 0 fully saturated rings. The first kappa shape index (κ1) is 8.56. The Balaban J connectivity index is 2.37. The second kappa shape index (κ2) is 4.36. The van der Waals surface area contributed by atoms with Crippen molar-refractivity contribution in [3.63, 3.8) is 0 Å². The Labute approximate surface area is 67.1 Å². The number of aliphatic hydroxyl groups excluding tert-OH is 1. The van der Waals surface area contributed by atoms with E-state index in [9.17, 15) is 5.11 Å². The van der Waals surface area contributed by atoms with Crippen molar-refractivity contribution >= 4 is 0 Å². The van der Waals surface area contributed by atoms with Crippen LogP contribution in [0, 0.1) is 0 Å². The largest absolute Gasteiger partial charge is 0.501 e. The van der Waals surface area contributed by atoms with Gasteiger partial charge in [-0.3, -0.25) is 0 Å². The van der Waals surface area contributed by atoms with Crippen LogP contribution in [0.1, 0.15) is 12.8 Å². The summed E-state index contributed by atoms with van der Waals surface area (Å²) in [6.45, 7) is 1.39. The Morgan fingerprint density at radius 2 is 2.64 bits per heavy atom. The summed E-state index contributed by atoms with van der Waals surface area (Å²) in [7, 11) is 1.83. The Hall–Kier alpha value is -0.540. The average Bonchev–Trinajstić information content (AvgIpc) is 2.07. The SMILES string of the molecule is CNCC(O)C1=COCCC1. The monoisotopic (exact) mass is 157 g/mol. The first-order valence-electron chi connectivity index (χ1n) is 3.98. The lowest BCUT2D eigenvalue weighted by Gasteiger charge is -2.18. The van der Waals surface area contributed by atoms with Gasteiger partial charge in [0.1, 0.15) is 0 Å². The lowest BCUT2D eigenvalue weighted by molar-refractivity contribution is 0.168. The molecule has 0 amide bonds. The maximum absolute atomic E-state index is 9.46. The fourth-order valence-electron chi connectivity index (χ4n) is 1.15. The molecule has 1 unspecified atom stereocenters. The van der Waals surface area contributed by atoms with Crippen LogP contribution in [0.2, 0.25) is 0 Å². The predicted molar refractivity (Wildman–Crippen MR) is 43.2 cm³/mol. The summed E-state index contributed by atoms with van der Waals surface area (Å²) in [5.41, 5.74) is 1.01. The van der Waals surface area contributed by atoms with Crippen LogP contribution in [-0.2, 0) is 4.74 Å². The summed E-state index contributed by atoms with van der Waals surface area (Å²) in [5.74, 6) is 0. The second-order valence-electron chi connectivity index (χ2n) is 2.74. The number of aliphatic hydroxyl groups is 1. The van der Waals surface area contributed by atoms with Gasteiger partial charge >= 0.3 is 0 Å². The quantitative estimate of drug-likeness (QED) is 0.617. The van der Waals surface area contributed by atoms with E-state index in [0.717, 1.165) is 25.0 Å². The third kappa shape index (κ3) is 2.52. The van der Waals surface area contributed by atoms with Gasteiger partial charge in [0.25, 0.3) is 0 Å². The van der Waals surface area contributed by atoms with Crippen LogP contribution in [0.15, 0.2) is 11.8 Å². The molecule has 1 atom stereocenters. The highest BCUT2D eigenvalue weighted by Crippen LogP contribution is 2.14. The van der Waals surface area contributed by atoms with Crippen molar-refractivity contribution in [2.24, 2.45) is 0 Å². The predicted octanol–water partition coefficient (Wildman–Crippen LogP) is 0.261. The molecule has 1 rings (SSSR count). The molecule has 11 heavy (non-hydrogen) atoms. The van der Waals surface area contributed by atoms with Crippen LogP contribution in [0.25, 0.3) is 0 Å². The van der Waals surface area contributed by atoms with Gasteiger partial charge in [-0.15, -0.1) is 0 Å². The minimum Gasteiger partial charge on any atom is -0.501 e. The molecule has 0 aromatic carbocycles. The topological polar surface area (TPSA) is 41.5 Å². The minimum absolute atomic E-state index is 0.375. The molecule has 1 aliphatic heterocycles. The Morgan fingerprint density at radius 1 is 1.82 bits per heavy atom. The molecule has 3 heteroatoms. The molecule has 0 bridgehead atoms. The van der Waals surface area contributed by atoms with Gasteiger partial charge in [0, 0.05) is 6.54 Å². The number of likely N-dealkylation sites (N-methyl/N-ethyl adjacent to an activating group) is 1. The van der Waals surface area contributed by atoms with Crippen LogP contribution in [0.3, 0.4) is 0 Å². The Bertz CT molecular complexity index is 145. The van der Waals surface area contributed by atoms with Crippen molar-refractivity contribution in [2.75, 3.05) is 20.2 Å². The summed E-state index contributed by atoms with van der Waals surface area (Å²) < 4.78 is 5.10. The number of hydrogen-bond acceptors (Lipinski definition) is 3. The first-order chi connectivity index (χ1) is 5.34. The third-order valence-electron chi connectivity index (χ3n) is 1.79. The zero-order chi connectivity index (χ0) is 8.10. The van der Waals surface area contributed by atoms with E-state index in [1.807, 2.05) is 7.05 Å². The van der Waals surface area contributed by atoms with Crippen LogP contribution in [-0.4, -0.2) is 31.4 Å². The molecule has 1 heterocycles. The van der Waals surface area contributed by atoms with Gasteiger partial charge in [-0.1, -0.05) is 0 Å². The van der Waals surface area contributed by atoms with Crippen molar-refractivity contribution in [1.82, 2.24) is 5.32 Å². The van der Waals surface area contributed by atoms with E-state index in [0.29, 0.717) is 6.54 Å². The lowest BCUT2D eigenvalue weighted by atomic mass is 10.0. The second-order valence-corrected chi connectivity index (χ2v) is 2.74. The maximum Gasteiger partial charge on any atom is 0.0906 e. The van der Waals surface area contributed by atoms with E-state index in [1.165, 1.54) is 0 Å². The van der Waals surface area contributed by atoms with E-state index >= 15 is 0 Å². The summed E-state index contributed by atoms with van der Waals surface area (Å²) in [6, 6.07) is 0. The van der Waals surface area contributed by atoms with Crippen molar-refractivity contribution in [1.29, 1.82) is 0 Å². The Kier molecular flexibility index (Phi) is 3.39. The maximum atomic E-state index is 9.46. The third-order valence-corrected chi connectivity index (χ3v) is 1.79. The average molecular weight is 157 g/mol. The van der Waals surface area contributed by atoms with Crippen LogP contribution in [0.4, 0.5) is 0 Å². The van der Waals surface area contributed by atoms with Crippen molar-refractivity contribution in [3.05, 3.63) is 11.8 Å². The summed E-state index contributed by atoms with van der Waals surface area (Å²) in [5, 5.41) is 12.4. The lowest BCUT2D eigenvalue weighted by Crippen LogP contribution is -2.26. The molecule has 0 saturated heterocycles. The molecular weight excluding hydrogens is 142 g/mol. The van der Waals surface area contributed by atoms with Gasteiger partial charge in [0.15, 0.2) is 0 Å². The van der Waals surface area contributed by atoms with Crippen LogP contribution >= 0.6 is 0 Å². The molecule has 64 valence electrons. The fourth-order valence-corrected chi connectivity index (χ4v) is 1.15. The molecular formula is C8H15NO2.